The maximum Gasteiger partial charge on any atom is 0.300 e. The number of carbonyl (C=O) groups excluding carboxylic acids is 1. The number of ether oxygens (including phenoxy) is 1. The van der Waals surface area contributed by atoms with Gasteiger partial charge >= 0.3 is 7.37 Å². The third-order valence-corrected chi connectivity index (χ3v) is 6.27. The van der Waals surface area contributed by atoms with E-state index >= 15 is 0 Å². The van der Waals surface area contributed by atoms with Crippen LogP contribution in [0, 0.1) is 20.8 Å². The third kappa shape index (κ3) is 4.59. The van der Waals surface area contributed by atoms with Crippen LogP contribution in [0.25, 0.3) is 0 Å². The second-order valence-corrected chi connectivity index (χ2v) is 8.45. The number of rotatable bonds is 9. The van der Waals surface area contributed by atoms with Crippen molar-refractivity contribution >= 4 is 18.2 Å². The quantitative estimate of drug-likeness (QED) is 0.367. The highest BCUT2D eigenvalue weighted by Crippen LogP contribution is 2.50. The summed E-state index contributed by atoms with van der Waals surface area (Å²) < 4.78 is 24.6. The second kappa shape index (κ2) is 9.09. The molecule has 0 amide bonds. The van der Waals surface area contributed by atoms with Crippen LogP contribution in [0.1, 0.15) is 27.0 Å². The van der Waals surface area contributed by atoms with E-state index in [1.54, 1.807) is 30.3 Å². The zero-order valence-corrected chi connectivity index (χ0v) is 16.4. The molecule has 0 aliphatic heterocycles. The fourth-order valence-electron chi connectivity index (χ4n) is 2.93. The predicted octanol–water partition coefficient (Wildman–Crippen LogP) is 4.57. The Morgan fingerprint density at radius 2 is 1.69 bits per heavy atom. The van der Waals surface area contributed by atoms with Gasteiger partial charge in [-0.2, -0.15) is 0 Å². The van der Waals surface area contributed by atoms with Gasteiger partial charge in [-0.05, 0) is 44.0 Å². The van der Waals surface area contributed by atoms with Crippen molar-refractivity contribution in [3.63, 3.8) is 0 Å². The van der Waals surface area contributed by atoms with E-state index < -0.39 is 12.9 Å². The van der Waals surface area contributed by atoms with Crippen LogP contribution in [0.15, 0.2) is 55.1 Å². The Hall–Kier alpha value is -2.00. The molecule has 0 saturated heterocycles. The second-order valence-electron chi connectivity index (χ2n) is 6.16. The molecule has 138 valence electrons. The SMILES string of the molecule is C=CCOCCOP(=O)(C(=O)c1c(C)cc(C)cc1C)c1ccccc1. The van der Waals surface area contributed by atoms with Gasteiger partial charge in [0.15, 0.2) is 0 Å². The molecule has 26 heavy (non-hydrogen) atoms. The number of aryl methyl sites for hydroxylation is 3. The van der Waals surface area contributed by atoms with Gasteiger partial charge in [0.25, 0.3) is 5.52 Å². The van der Waals surface area contributed by atoms with Crippen LogP contribution >= 0.6 is 7.37 Å². The molecule has 1 atom stereocenters. The first-order chi connectivity index (χ1) is 12.4. The Morgan fingerprint density at radius 1 is 1.08 bits per heavy atom. The molecule has 0 fully saturated rings. The number of carbonyl (C=O) groups is 1. The fraction of sp³-hybridized carbons (Fsp3) is 0.286. The lowest BCUT2D eigenvalue weighted by atomic mass is 10.0. The lowest BCUT2D eigenvalue weighted by Crippen LogP contribution is -2.19. The van der Waals surface area contributed by atoms with E-state index in [1.807, 2.05) is 39.0 Å². The summed E-state index contributed by atoms with van der Waals surface area (Å²) in [5, 5.41) is 0.396. The average Bonchev–Trinajstić information content (AvgIpc) is 2.61. The fourth-order valence-corrected chi connectivity index (χ4v) is 4.97. The largest absolute Gasteiger partial charge is 0.375 e. The molecule has 0 spiro atoms. The van der Waals surface area contributed by atoms with Crippen LogP contribution in [0.3, 0.4) is 0 Å². The minimum absolute atomic E-state index is 0.0652. The van der Waals surface area contributed by atoms with Crippen LogP contribution < -0.4 is 5.30 Å². The number of hydrogen-bond acceptors (Lipinski definition) is 4. The highest BCUT2D eigenvalue weighted by Gasteiger charge is 2.37. The molecule has 0 N–H and O–H groups in total. The minimum atomic E-state index is -3.75. The van der Waals surface area contributed by atoms with Gasteiger partial charge in [-0.1, -0.05) is 42.0 Å². The van der Waals surface area contributed by atoms with E-state index in [9.17, 15) is 9.36 Å². The molecule has 2 aromatic carbocycles. The van der Waals surface area contributed by atoms with Crippen LogP contribution in [0.5, 0.6) is 0 Å². The normalized spacial score (nSPS) is 13.2. The Morgan fingerprint density at radius 3 is 2.27 bits per heavy atom. The molecule has 2 rings (SSSR count). The summed E-state index contributed by atoms with van der Waals surface area (Å²) in [6.45, 7) is 9.94. The minimum Gasteiger partial charge on any atom is -0.375 e. The molecule has 0 aliphatic carbocycles. The van der Waals surface area contributed by atoms with Crippen LogP contribution in [0.2, 0.25) is 0 Å². The lowest BCUT2D eigenvalue weighted by molar-refractivity contribution is 0.101. The molecular weight excluding hydrogens is 347 g/mol. The van der Waals surface area contributed by atoms with Crippen LogP contribution in [-0.2, 0) is 13.8 Å². The van der Waals surface area contributed by atoms with Gasteiger partial charge in [-0.3, -0.25) is 9.36 Å². The first-order valence-corrected chi connectivity index (χ1v) is 10.1. The summed E-state index contributed by atoms with van der Waals surface area (Å²) >= 11 is 0. The van der Waals surface area contributed by atoms with Gasteiger partial charge in [-0.15, -0.1) is 6.58 Å². The molecule has 4 nitrogen and oxygen atoms in total. The first-order valence-electron chi connectivity index (χ1n) is 8.51. The molecule has 5 heteroatoms. The van der Waals surface area contributed by atoms with Crippen molar-refractivity contribution in [2.75, 3.05) is 19.8 Å². The van der Waals surface area contributed by atoms with E-state index in [4.69, 9.17) is 9.26 Å². The van der Waals surface area contributed by atoms with Gasteiger partial charge in [0.05, 0.1) is 19.8 Å². The number of benzene rings is 2. The number of hydrogen-bond donors (Lipinski definition) is 0. The Labute approximate surface area is 155 Å². The Bertz CT molecular complexity index is 804. The summed E-state index contributed by atoms with van der Waals surface area (Å²) in [5.74, 6) is 0. The smallest absolute Gasteiger partial charge is 0.300 e. The van der Waals surface area contributed by atoms with Gasteiger partial charge < -0.3 is 9.26 Å². The van der Waals surface area contributed by atoms with Crippen molar-refractivity contribution in [2.45, 2.75) is 20.8 Å². The van der Waals surface area contributed by atoms with Crippen molar-refractivity contribution in [2.24, 2.45) is 0 Å². The lowest BCUT2D eigenvalue weighted by Gasteiger charge is -2.20. The Balaban J connectivity index is 2.39. The maximum absolute atomic E-state index is 13.7. The topological polar surface area (TPSA) is 52.6 Å². The summed E-state index contributed by atoms with van der Waals surface area (Å²) in [4.78, 5) is 13.3. The summed E-state index contributed by atoms with van der Waals surface area (Å²) in [7, 11) is -3.75. The standard InChI is InChI=1S/C21H25O4P/c1-5-11-24-12-13-25-26(23,19-9-7-6-8-10-19)21(22)20-17(3)14-16(2)15-18(20)4/h5-10,14-15H,1,11-13H2,2-4H3. The maximum atomic E-state index is 13.7. The van der Waals surface area contributed by atoms with Gasteiger partial charge in [-0.25, -0.2) is 0 Å². The zero-order chi connectivity index (χ0) is 19.2. The van der Waals surface area contributed by atoms with Crippen LogP contribution in [0.4, 0.5) is 0 Å². The van der Waals surface area contributed by atoms with Gasteiger partial charge in [0.2, 0.25) is 0 Å². The van der Waals surface area contributed by atoms with E-state index in [0.717, 1.165) is 16.7 Å². The monoisotopic (exact) mass is 372 g/mol. The highest BCUT2D eigenvalue weighted by molar-refractivity contribution is 7.83. The zero-order valence-electron chi connectivity index (χ0n) is 15.5. The van der Waals surface area contributed by atoms with E-state index in [-0.39, 0.29) is 13.2 Å². The molecule has 0 heterocycles. The first kappa shape index (κ1) is 20.3. The highest BCUT2D eigenvalue weighted by atomic mass is 31.2. The van der Waals surface area contributed by atoms with E-state index in [1.165, 1.54) is 0 Å². The molecule has 1 unspecified atom stereocenters. The van der Waals surface area contributed by atoms with Gasteiger partial charge in [0.1, 0.15) is 0 Å². The molecule has 0 saturated carbocycles. The third-order valence-electron chi connectivity index (χ3n) is 3.99. The molecule has 0 radical (unpaired) electrons. The van der Waals surface area contributed by atoms with E-state index in [2.05, 4.69) is 6.58 Å². The van der Waals surface area contributed by atoms with E-state index in [0.29, 0.717) is 17.5 Å². The van der Waals surface area contributed by atoms with Gasteiger partial charge in [0, 0.05) is 10.9 Å². The van der Waals surface area contributed by atoms with Crippen molar-refractivity contribution in [3.8, 4) is 0 Å². The van der Waals surface area contributed by atoms with Crippen molar-refractivity contribution in [1.82, 2.24) is 0 Å². The summed E-state index contributed by atoms with van der Waals surface area (Å²) in [5.41, 5.74) is 2.66. The summed E-state index contributed by atoms with van der Waals surface area (Å²) in [6.07, 6.45) is 1.63. The molecule has 0 aromatic heterocycles. The van der Waals surface area contributed by atoms with Crippen molar-refractivity contribution in [1.29, 1.82) is 0 Å². The van der Waals surface area contributed by atoms with Crippen LogP contribution in [-0.4, -0.2) is 25.3 Å². The van der Waals surface area contributed by atoms with Crippen molar-refractivity contribution in [3.05, 3.63) is 77.4 Å². The molecule has 0 bridgehead atoms. The summed E-state index contributed by atoms with van der Waals surface area (Å²) in [6, 6.07) is 12.5. The Kier molecular flexibility index (Phi) is 7.10. The van der Waals surface area contributed by atoms with Crippen molar-refractivity contribution < 1.29 is 18.6 Å². The molecule has 2 aromatic rings. The average molecular weight is 372 g/mol. The predicted molar refractivity (Wildman–Crippen MR) is 106 cm³/mol. The molecule has 0 aliphatic rings. The molecular formula is C21H25O4P.